The lowest BCUT2D eigenvalue weighted by Gasteiger charge is -2.14. The largest absolute Gasteiger partial charge is 0.508 e. The zero-order chi connectivity index (χ0) is 29.9. The van der Waals surface area contributed by atoms with E-state index in [1.807, 2.05) is 18.2 Å². The van der Waals surface area contributed by atoms with Crippen LogP contribution in [0.4, 0.5) is 10.5 Å². The molecule has 0 radical (unpaired) electrons. The Morgan fingerprint density at radius 2 is 1.71 bits per heavy atom. The third kappa shape index (κ3) is 15.1. The van der Waals surface area contributed by atoms with Crippen molar-refractivity contribution in [3.05, 3.63) is 59.2 Å². The lowest BCUT2D eigenvalue weighted by molar-refractivity contribution is -0.142. The summed E-state index contributed by atoms with van der Waals surface area (Å²) in [6.07, 6.45) is 6.17. The molecule has 0 aliphatic heterocycles. The van der Waals surface area contributed by atoms with E-state index < -0.39 is 30.6 Å². The second-order valence-corrected chi connectivity index (χ2v) is 9.77. The summed E-state index contributed by atoms with van der Waals surface area (Å²) >= 11 is 0. The van der Waals surface area contributed by atoms with Gasteiger partial charge in [-0.2, -0.15) is 0 Å². The van der Waals surface area contributed by atoms with Gasteiger partial charge >= 0.3 is 18.0 Å². The van der Waals surface area contributed by atoms with Gasteiger partial charge in [0.2, 0.25) is 0 Å². The van der Waals surface area contributed by atoms with E-state index in [-0.39, 0.29) is 12.4 Å². The standard InChI is InChI=1S/C30H43N3O8/c1-22(34)41-21-25-18-24(12-13-27(25)35)28(36)19-31-14-5-2-3-6-15-40-16-7-4-9-23-10-8-11-26(17-23)33-30(39)32-20-29(37)38/h8,10-13,17-18,28,31,35-36H,2-7,9,14-16,19-21H2,1H3,(H,37,38)(H2,32,33,39)/t28-/m0/s1. The van der Waals surface area contributed by atoms with E-state index in [2.05, 4.69) is 16.0 Å². The van der Waals surface area contributed by atoms with Crippen molar-refractivity contribution >= 4 is 23.7 Å². The van der Waals surface area contributed by atoms with Crippen LogP contribution in [0.15, 0.2) is 42.5 Å². The van der Waals surface area contributed by atoms with E-state index in [1.54, 1.807) is 18.2 Å². The molecule has 0 fully saturated rings. The van der Waals surface area contributed by atoms with Crippen molar-refractivity contribution in [2.24, 2.45) is 0 Å². The van der Waals surface area contributed by atoms with Crippen molar-refractivity contribution in [2.75, 3.05) is 38.2 Å². The number of aliphatic carboxylic acids is 1. The number of aliphatic hydroxyl groups is 1. The van der Waals surface area contributed by atoms with Crippen LogP contribution < -0.4 is 16.0 Å². The van der Waals surface area contributed by atoms with Crippen LogP contribution in [-0.4, -0.2) is 66.1 Å². The Morgan fingerprint density at radius 1 is 0.951 bits per heavy atom. The zero-order valence-corrected chi connectivity index (χ0v) is 23.7. The number of phenols is 1. The zero-order valence-electron chi connectivity index (χ0n) is 23.7. The molecule has 0 aliphatic rings. The summed E-state index contributed by atoms with van der Waals surface area (Å²) < 4.78 is 10.7. The van der Waals surface area contributed by atoms with Gasteiger partial charge in [-0.05, 0) is 74.0 Å². The topological polar surface area (TPSA) is 166 Å². The molecule has 2 aromatic carbocycles. The van der Waals surface area contributed by atoms with E-state index in [0.717, 1.165) is 63.7 Å². The lowest BCUT2D eigenvalue weighted by Crippen LogP contribution is -2.33. The highest BCUT2D eigenvalue weighted by Gasteiger charge is 2.11. The number of aryl methyl sites for hydroxylation is 1. The van der Waals surface area contributed by atoms with Gasteiger partial charge in [-0.25, -0.2) is 4.79 Å². The molecule has 2 aromatic rings. The van der Waals surface area contributed by atoms with Crippen molar-refractivity contribution in [1.29, 1.82) is 0 Å². The van der Waals surface area contributed by atoms with Crippen LogP contribution in [0.1, 0.15) is 68.2 Å². The molecule has 11 heteroatoms. The number of benzene rings is 2. The minimum absolute atomic E-state index is 0.0275. The molecule has 0 aliphatic carbocycles. The molecule has 2 amide bonds. The summed E-state index contributed by atoms with van der Waals surface area (Å²) in [6, 6.07) is 11.7. The molecular weight excluding hydrogens is 530 g/mol. The van der Waals surface area contributed by atoms with Gasteiger partial charge < -0.3 is 40.7 Å². The molecule has 0 saturated heterocycles. The number of hydrogen-bond donors (Lipinski definition) is 6. The van der Waals surface area contributed by atoms with Gasteiger partial charge in [0.05, 0.1) is 6.10 Å². The van der Waals surface area contributed by atoms with Crippen molar-refractivity contribution < 1.29 is 39.2 Å². The van der Waals surface area contributed by atoms with Gasteiger partial charge in [-0.1, -0.05) is 31.0 Å². The monoisotopic (exact) mass is 573 g/mol. The smallest absolute Gasteiger partial charge is 0.323 e. The average molecular weight is 574 g/mol. The number of amides is 2. The maximum Gasteiger partial charge on any atom is 0.323 e. The van der Waals surface area contributed by atoms with Crippen LogP contribution in [0.2, 0.25) is 0 Å². The predicted octanol–water partition coefficient (Wildman–Crippen LogP) is 3.88. The number of anilines is 1. The van der Waals surface area contributed by atoms with Gasteiger partial charge in [-0.15, -0.1) is 0 Å². The number of rotatable bonds is 20. The molecule has 2 rings (SSSR count). The Hall–Kier alpha value is -3.67. The number of nitrogens with one attached hydrogen (secondary N) is 3. The summed E-state index contributed by atoms with van der Waals surface area (Å²) in [5, 5.41) is 37.1. The highest BCUT2D eigenvalue weighted by atomic mass is 16.5. The molecule has 0 aromatic heterocycles. The number of carbonyl (C=O) groups excluding carboxylic acids is 2. The fraction of sp³-hybridized carbons (Fsp3) is 0.500. The van der Waals surface area contributed by atoms with E-state index in [1.165, 1.54) is 13.0 Å². The molecule has 0 unspecified atom stereocenters. The Bertz CT molecular complexity index is 1100. The number of unbranched alkanes of at least 4 members (excludes halogenated alkanes) is 4. The summed E-state index contributed by atoms with van der Waals surface area (Å²) in [5.41, 5.74) is 2.83. The number of ether oxygens (including phenoxy) is 2. The van der Waals surface area contributed by atoms with Crippen LogP contribution >= 0.6 is 0 Å². The Balaban J connectivity index is 1.46. The molecular formula is C30H43N3O8. The first-order chi connectivity index (χ1) is 19.7. The fourth-order valence-corrected chi connectivity index (χ4v) is 4.04. The lowest BCUT2D eigenvalue weighted by atomic mass is 10.1. The quantitative estimate of drug-likeness (QED) is 0.102. The molecule has 41 heavy (non-hydrogen) atoms. The van der Waals surface area contributed by atoms with Crippen LogP contribution in [0.25, 0.3) is 0 Å². The van der Waals surface area contributed by atoms with Crippen LogP contribution in [0.5, 0.6) is 5.75 Å². The van der Waals surface area contributed by atoms with E-state index in [9.17, 15) is 24.6 Å². The minimum atomic E-state index is -1.10. The molecule has 226 valence electrons. The van der Waals surface area contributed by atoms with Crippen LogP contribution in [-0.2, 0) is 32.1 Å². The number of esters is 1. The van der Waals surface area contributed by atoms with Gasteiger partial charge in [0.1, 0.15) is 18.9 Å². The normalized spacial score (nSPS) is 11.6. The van der Waals surface area contributed by atoms with Gasteiger partial charge in [0.15, 0.2) is 0 Å². The third-order valence-electron chi connectivity index (χ3n) is 6.24. The first-order valence-electron chi connectivity index (χ1n) is 14.0. The first-order valence-corrected chi connectivity index (χ1v) is 14.0. The van der Waals surface area contributed by atoms with Crippen molar-refractivity contribution in [3.8, 4) is 5.75 Å². The third-order valence-corrected chi connectivity index (χ3v) is 6.24. The molecule has 0 bridgehead atoms. The second kappa shape index (κ2) is 19.4. The summed E-state index contributed by atoms with van der Waals surface area (Å²) in [7, 11) is 0. The number of carboxylic acid groups (broad SMARTS) is 1. The predicted molar refractivity (Wildman–Crippen MR) is 155 cm³/mol. The molecule has 1 atom stereocenters. The molecule has 6 N–H and O–H groups in total. The van der Waals surface area contributed by atoms with Gasteiger partial charge in [-0.3, -0.25) is 9.59 Å². The Kier molecular flexibility index (Phi) is 15.9. The van der Waals surface area contributed by atoms with Gasteiger partial charge in [0.25, 0.3) is 0 Å². The Morgan fingerprint density at radius 3 is 2.46 bits per heavy atom. The maximum atomic E-state index is 11.7. The number of phenolic OH excluding ortho intramolecular Hbond substituents is 1. The van der Waals surface area contributed by atoms with Crippen molar-refractivity contribution in [2.45, 2.75) is 64.6 Å². The number of carboxylic acids is 1. The first kappa shape index (κ1) is 33.5. The number of carbonyl (C=O) groups is 3. The Labute approximate surface area is 241 Å². The van der Waals surface area contributed by atoms with Crippen molar-refractivity contribution in [3.63, 3.8) is 0 Å². The summed E-state index contributed by atoms with van der Waals surface area (Å²) in [6.45, 7) is 3.46. The highest BCUT2D eigenvalue weighted by molar-refractivity contribution is 5.91. The number of aliphatic hydroxyl groups excluding tert-OH is 1. The highest BCUT2D eigenvalue weighted by Crippen LogP contribution is 2.23. The molecule has 0 saturated carbocycles. The second-order valence-electron chi connectivity index (χ2n) is 9.77. The molecule has 11 nitrogen and oxygen atoms in total. The summed E-state index contributed by atoms with van der Waals surface area (Å²) in [5.74, 6) is -1.50. The van der Waals surface area contributed by atoms with E-state index >= 15 is 0 Å². The van der Waals surface area contributed by atoms with Crippen LogP contribution in [0, 0.1) is 0 Å². The summed E-state index contributed by atoms with van der Waals surface area (Å²) in [4.78, 5) is 33.2. The molecule has 0 heterocycles. The van der Waals surface area contributed by atoms with E-state index in [4.69, 9.17) is 14.6 Å². The molecule has 0 spiro atoms. The number of aromatic hydroxyl groups is 1. The number of urea groups is 1. The maximum absolute atomic E-state index is 11.7. The van der Waals surface area contributed by atoms with Crippen molar-refractivity contribution in [1.82, 2.24) is 10.6 Å². The minimum Gasteiger partial charge on any atom is -0.508 e. The average Bonchev–Trinajstić information content (AvgIpc) is 2.94. The van der Waals surface area contributed by atoms with Gasteiger partial charge in [0, 0.05) is 37.9 Å². The van der Waals surface area contributed by atoms with E-state index in [0.29, 0.717) is 30.0 Å². The van der Waals surface area contributed by atoms with Crippen LogP contribution in [0.3, 0.4) is 0 Å². The fourth-order valence-electron chi connectivity index (χ4n) is 4.04. The SMILES string of the molecule is CC(=O)OCc1cc([C@@H](O)CNCCCCCCOCCCCc2cccc(NC(=O)NCC(=O)O)c2)ccc1O. The number of hydrogen-bond acceptors (Lipinski definition) is 8.